The number of hydrogen-bond acceptors (Lipinski definition) is 2. The van der Waals surface area contributed by atoms with Crippen molar-refractivity contribution in [3.63, 3.8) is 0 Å². The molecule has 1 saturated carbocycles. The smallest absolute Gasteiger partial charge is 0.228 e. The monoisotopic (exact) mass is 249 g/mol. The number of hydrogen-bond donors (Lipinski definition) is 0. The minimum atomic E-state index is 0.0811. The lowest BCUT2D eigenvalue weighted by Crippen LogP contribution is -2.42. The maximum absolute atomic E-state index is 12.4. The predicted molar refractivity (Wildman–Crippen MR) is 69.9 cm³/mol. The van der Waals surface area contributed by atoms with Crippen LogP contribution in [0.25, 0.3) is 0 Å². The molecule has 3 nitrogen and oxygen atoms in total. The zero-order chi connectivity index (χ0) is 12.5. The highest BCUT2D eigenvalue weighted by Crippen LogP contribution is 2.40. The summed E-state index contributed by atoms with van der Waals surface area (Å²) in [6.45, 7) is 4.51. The van der Waals surface area contributed by atoms with E-state index in [1.54, 1.807) is 0 Å². The van der Waals surface area contributed by atoms with E-state index in [1.165, 1.54) is 32.1 Å². The van der Waals surface area contributed by atoms with E-state index in [4.69, 9.17) is 4.74 Å². The summed E-state index contributed by atoms with van der Waals surface area (Å²) in [4.78, 5) is 14.5. The zero-order valence-corrected chi connectivity index (χ0v) is 11.0. The molecule has 3 atom stereocenters. The van der Waals surface area contributed by atoms with E-state index in [1.807, 2.05) is 6.08 Å². The molecule has 0 spiro atoms. The molecule has 1 amide bonds. The quantitative estimate of drug-likeness (QED) is 0.720. The van der Waals surface area contributed by atoms with E-state index in [0.29, 0.717) is 17.9 Å². The highest BCUT2D eigenvalue weighted by Gasteiger charge is 2.49. The molecule has 3 aliphatic rings. The van der Waals surface area contributed by atoms with Crippen LogP contribution in [0.4, 0.5) is 0 Å². The highest BCUT2D eigenvalue weighted by atomic mass is 16.5. The van der Waals surface area contributed by atoms with Gasteiger partial charge in [-0.1, -0.05) is 25.3 Å². The first kappa shape index (κ1) is 12.2. The van der Waals surface area contributed by atoms with Gasteiger partial charge in [0, 0.05) is 11.8 Å². The molecule has 3 heteroatoms. The summed E-state index contributed by atoms with van der Waals surface area (Å²) < 4.78 is 5.94. The van der Waals surface area contributed by atoms with Gasteiger partial charge in [-0.25, -0.2) is 0 Å². The van der Waals surface area contributed by atoms with Crippen LogP contribution in [0.15, 0.2) is 12.7 Å². The number of carbonyl (C=O) groups excluding carboxylic acids is 1. The molecule has 0 aromatic carbocycles. The number of ether oxygens (including phenoxy) is 1. The molecule has 0 N–H and O–H groups in total. The van der Waals surface area contributed by atoms with E-state index in [2.05, 4.69) is 11.5 Å². The Hall–Kier alpha value is -0.830. The van der Waals surface area contributed by atoms with E-state index in [0.717, 1.165) is 19.4 Å². The van der Waals surface area contributed by atoms with Gasteiger partial charge in [0.2, 0.25) is 5.91 Å². The lowest BCUT2D eigenvalue weighted by molar-refractivity contribution is -0.140. The molecule has 18 heavy (non-hydrogen) atoms. The third-order valence-corrected chi connectivity index (χ3v) is 4.79. The van der Waals surface area contributed by atoms with Crippen LogP contribution in [0.5, 0.6) is 0 Å². The fourth-order valence-corrected chi connectivity index (χ4v) is 3.89. The van der Waals surface area contributed by atoms with Crippen molar-refractivity contribution in [2.24, 2.45) is 11.8 Å². The fraction of sp³-hybridized carbons (Fsp3) is 0.800. The number of rotatable bonds is 3. The SMILES string of the molecule is C=CC[C@@H]1CC2COC(C3CCCCC3)N2C1=O. The molecule has 2 saturated heterocycles. The summed E-state index contributed by atoms with van der Waals surface area (Å²) in [5.41, 5.74) is 0. The number of fused-ring (bicyclic) bond motifs is 1. The standard InChI is InChI=1S/C15H23NO2/c1-2-6-12-9-13-10-18-15(16(13)14(12)17)11-7-4-3-5-8-11/h2,11-13,15H,1,3-10H2/t12-,13?,15?/m1/s1. The normalized spacial score (nSPS) is 37.0. The number of nitrogens with zero attached hydrogens (tertiary/aromatic N) is 1. The second kappa shape index (κ2) is 5.04. The highest BCUT2D eigenvalue weighted by molar-refractivity contribution is 5.82. The zero-order valence-electron chi connectivity index (χ0n) is 11.0. The van der Waals surface area contributed by atoms with Gasteiger partial charge in [-0.2, -0.15) is 0 Å². The van der Waals surface area contributed by atoms with Gasteiger partial charge in [0.15, 0.2) is 0 Å². The lowest BCUT2D eigenvalue weighted by atomic mass is 9.87. The largest absolute Gasteiger partial charge is 0.356 e. The molecular formula is C15H23NO2. The van der Waals surface area contributed by atoms with Crippen LogP contribution >= 0.6 is 0 Å². The summed E-state index contributed by atoms with van der Waals surface area (Å²) in [5, 5.41) is 0. The van der Waals surface area contributed by atoms with Crippen molar-refractivity contribution >= 4 is 5.91 Å². The number of allylic oxidation sites excluding steroid dienone is 1. The third-order valence-electron chi connectivity index (χ3n) is 4.79. The molecule has 2 aliphatic heterocycles. The van der Waals surface area contributed by atoms with Crippen molar-refractivity contribution in [2.75, 3.05) is 6.61 Å². The Morgan fingerprint density at radius 1 is 1.33 bits per heavy atom. The Labute approximate surface area is 109 Å². The van der Waals surface area contributed by atoms with Crippen LogP contribution in [0.1, 0.15) is 44.9 Å². The van der Waals surface area contributed by atoms with Gasteiger partial charge >= 0.3 is 0 Å². The van der Waals surface area contributed by atoms with Crippen LogP contribution in [-0.4, -0.2) is 29.7 Å². The molecule has 100 valence electrons. The second-order valence-electron chi connectivity index (χ2n) is 5.98. The lowest BCUT2D eigenvalue weighted by Gasteiger charge is -2.32. The Morgan fingerprint density at radius 3 is 2.83 bits per heavy atom. The van der Waals surface area contributed by atoms with Crippen molar-refractivity contribution in [1.29, 1.82) is 0 Å². The van der Waals surface area contributed by atoms with Crippen molar-refractivity contribution in [1.82, 2.24) is 4.90 Å². The fourth-order valence-electron chi connectivity index (χ4n) is 3.89. The average molecular weight is 249 g/mol. The Morgan fingerprint density at radius 2 is 2.11 bits per heavy atom. The maximum Gasteiger partial charge on any atom is 0.228 e. The van der Waals surface area contributed by atoms with Crippen molar-refractivity contribution in [3.8, 4) is 0 Å². The summed E-state index contributed by atoms with van der Waals surface area (Å²) >= 11 is 0. The molecule has 0 radical (unpaired) electrons. The van der Waals surface area contributed by atoms with Gasteiger partial charge in [0.05, 0.1) is 12.6 Å². The number of amides is 1. The molecule has 0 bridgehead atoms. The molecule has 0 aromatic heterocycles. The molecule has 3 fully saturated rings. The van der Waals surface area contributed by atoms with Gasteiger partial charge in [-0.3, -0.25) is 4.79 Å². The first-order chi connectivity index (χ1) is 8.81. The van der Waals surface area contributed by atoms with Gasteiger partial charge in [0.1, 0.15) is 6.23 Å². The third kappa shape index (κ3) is 1.99. The Bertz CT molecular complexity index is 335. The molecule has 1 aliphatic carbocycles. The van der Waals surface area contributed by atoms with Gasteiger partial charge in [-0.15, -0.1) is 6.58 Å². The van der Waals surface area contributed by atoms with Crippen LogP contribution in [-0.2, 0) is 9.53 Å². The summed E-state index contributed by atoms with van der Waals surface area (Å²) in [6.07, 6.45) is 10.1. The first-order valence-corrected chi connectivity index (χ1v) is 7.36. The molecule has 2 unspecified atom stereocenters. The second-order valence-corrected chi connectivity index (χ2v) is 5.98. The van der Waals surface area contributed by atoms with Crippen LogP contribution in [0.3, 0.4) is 0 Å². The van der Waals surface area contributed by atoms with E-state index in [9.17, 15) is 4.79 Å². The van der Waals surface area contributed by atoms with Crippen LogP contribution < -0.4 is 0 Å². The molecular weight excluding hydrogens is 226 g/mol. The van der Waals surface area contributed by atoms with Crippen LogP contribution in [0, 0.1) is 11.8 Å². The summed E-state index contributed by atoms with van der Waals surface area (Å²) in [5.74, 6) is 1.06. The van der Waals surface area contributed by atoms with Gasteiger partial charge in [-0.05, 0) is 25.7 Å². The molecule has 0 aromatic rings. The summed E-state index contributed by atoms with van der Waals surface area (Å²) in [6, 6.07) is 0.342. The van der Waals surface area contributed by atoms with E-state index in [-0.39, 0.29) is 12.1 Å². The van der Waals surface area contributed by atoms with Gasteiger partial charge in [0.25, 0.3) is 0 Å². The van der Waals surface area contributed by atoms with E-state index < -0.39 is 0 Å². The topological polar surface area (TPSA) is 29.5 Å². The molecule has 3 rings (SSSR count). The summed E-state index contributed by atoms with van der Waals surface area (Å²) in [7, 11) is 0. The van der Waals surface area contributed by atoms with Crippen molar-refractivity contribution in [2.45, 2.75) is 57.2 Å². The van der Waals surface area contributed by atoms with Crippen LogP contribution in [0.2, 0.25) is 0 Å². The minimum Gasteiger partial charge on any atom is -0.356 e. The predicted octanol–water partition coefficient (Wildman–Crippen LogP) is 2.72. The Balaban J connectivity index is 1.70. The van der Waals surface area contributed by atoms with E-state index >= 15 is 0 Å². The van der Waals surface area contributed by atoms with Gasteiger partial charge < -0.3 is 9.64 Å². The minimum absolute atomic E-state index is 0.0811. The maximum atomic E-state index is 12.4. The van der Waals surface area contributed by atoms with Crippen molar-refractivity contribution < 1.29 is 9.53 Å². The first-order valence-electron chi connectivity index (χ1n) is 7.36. The molecule has 2 heterocycles. The number of carbonyl (C=O) groups is 1. The average Bonchev–Trinajstić information content (AvgIpc) is 2.93. The Kier molecular flexibility index (Phi) is 3.42. The van der Waals surface area contributed by atoms with Crippen molar-refractivity contribution in [3.05, 3.63) is 12.7 Å².